The van der Waals surface area contributed by atoms with Crippen LogP contribution in [-0.4, -0.2) is 32.1 Å². The summed E-state index contributed by atoms with van der Waals surface area (Å²) in [6.07, 6.45) is 8.99. The normalized spacial score (nSPS) is 14.2. The molecule has 1 fully saturated rings. The second-order valence-electron chi connectivity index (χ2n) is 8.61. The fraction of sp³-hybridized carbons (Fsp3) is 0.360. The van der Waals surface area contributed by atoms with E-state index in [2.05, 4.69) is 20.4 Å². The Kier molecular flexibility index (Phi) is 6.15. The first-order chi connectivity index (χ1) is 16.2. The minimum atomic E-state index is -0.429. The third-order valence-corrected chi connectivity index (χ3v) is 6.31. The van der Waals surface area contributed by atoms with E-state index in [1.54, 1.807) is 12.4 Å². The number of benzene rings is 2. The standard InChI is InChI=1S/C25H26FN5O2/c26-20-7-3-6-19(14-20)25(32)27-12-13-31-16-28-21-15-18(9-10-22(21)31)24-29-23(33-30-24)11-8-17-4-1-2-5-17/h3,6-7,9-10,14-17H,1-2,4-5,8,11-13H2,(H,27,32). The number of fused-ring (bicyclic) bond motifs is 1. The molecule has 0 saturated heterocycles. The van der Waals surface area contributed by atoms with Gasteiger partial charge in [-0.3, -0.25) is 4.79 Å². The molecular formula is C25H26FN5O2. The van der Waals surface area contributed by atoms with Gasteiger partial charge < -0.3 is 14.4 Å². The van der Waals surface area contributed by atoms with E-state index >= 15 is 0 Å². The van der Waals surface area contributed by atoms with Gasteiger partial charge in [0.25, 0.3) is 5.91 Å². The Morgan fingerprint density at radius 1 is 1.18 bits per heavy atom. The van der Waals surface area contributed by atoms with Crippen LogP contribution in [0.15, 0.2) is 53.3 Å². The van der Waals surface area contributed by atoms with Gasteiger partial charge in [-0.2, -0.15) is 4.98 Å². The van der Waals surface area contributed by atoms with Crippen molar-refractivity contribution < 1.29 is 13.7 Å². The zero-order valence-electron chi connectivity index (χ0n) is 18.3. The van der Waals surface area contributed by atoms with Gasteiger partial charge in [0.2, 0.25) is 11.7 Å². The van der Waals surface area contributed by atoms with Gasteiger partial charge in [0.1, 0.15) is 5.82 Å². The molecule has 0 aliphatic heterocycles. The molecule has 8 heteroatoms. The van der Waals surface area contributed by atoms with Gasteiger partial charge in [-0.1, -0.05) is 36.9 Å². The summed E-state index contributed by atoms with van der Waals surface area (Å²) in [5.41, 5.74) is 2.94. The van der Waals surface area contributed by atoms with Crippen molar-refractivity contribution in [2.45, 2.75) is 45.1 Å². The lowest BCUT2D eigenvalue weighted by Crippen LogP contribution is -2.27. The number of carbonyl (C=O) groups is 1. The van der Waals surface area contributed by atoms with Crippen molar-refractivity contribution in [3.8, 4) is 11.4 Å². The Morgan fingerprint density at radius 3 is 2.91 bits per heavy atom. The van der Waals surface area contributed by atoms with Crippen molar-refractivity contribution in [2.24, 2.45) is 5.92 Å². The van der Waals surface area contributed by atoms with Crippen molar-refractivity contribution in [1.29, 1.82) is 0 Å². The molecule has 1 saturated carbocycles. The zero-order valence-corrected chi connectivity index (χ0v) is 18.3. The Bertz CT molecular complexity index is 1260. The molecule has 170 valence electrons. The van der Waals surface area contributed by atoms with E-state index in [4.69, 9.17) is 4.52 Å². The lowest BCUT2D eigenvalue weighted by atomic mass is 10.0. The highest BCUT2D eigenvalue weighted by Gasteiger charge is 2.17. The lowest BCUT2D eigenvalue weighted by Gasteiger charge is -2.07. The number of aryl methyl sites for hydroxylation is 1. The number of imidazole rings is 1. The number of hydrogen-bond donors (Lipinski definition) is 1. The average Bonchev–Trinajstić information content (AvgIpc) is 3.58. The molecule has 2 aromatic heterocycles. The van der Waals surface area contributed by atoms with Crippen LogP contribution >= 0.6 is 0 Å². The highest BCUT2D eigenvalue weighted by Crippen LogP contribution is 2.29. The van der Waals surface area contributed by atoms with Crippen LogP contribution in [0.4, 0.5) is 4.39 Å². The molecule has 33 heavy (non-hydrogen) atoms. The first kappa shape index (κ1) is 21.3. The van der Waals surface area contributed by atoms with Gasteiger partial charge in [-0.15, -0.1) is 0 Å². The summed E-state index contributed by atoms with van der Waals surface area (Å²) in [6, 6.07) is 11.5. The minimum Gasteiger partial charge on any atom is -0.350 e. The number of amides is 1. The molecule has 1 amide bonds. The van der Waals surface area contributed by atoms with Crippen LogP contribution in [0.5, 0.6) is 0 Å². The van der Waals surface area contributed by atoms with Crippen LogP contribution in [0.25, 0.3) is 22.4 Å². The molecule has 4 aromatic rings. The summed E-state index contributed by atoms with van der Waals surface area (Å²) in [5, 5.41) is 6.97. The summed E-state index contributed by atoms with van der Waals surface area (Å²) in [4.78, 5) is 21.2. The van der Waals surface area contributed by atoms with Crippen molar-refractivity contribution in [3.05, 3.63) is 66.1 Å². The number of rotatable bonds is 8. The molecule has 1 aliphatic carbocycles. The molecule has 7 nitrogen and oxygen atoms in total. The van der Waals surface area contributed by atoms with Crippen LogP contribution in [0.2, 0.25) is 0 Å². The van der Waals surface area contributed by atoms with E-state index in [9.17, 15) is 9.18 Å². The smallest absolute Gasteiger partial charge is 0.251 e. The molecule has 2 heterocycles. The first-order valence-electron chi connectivity index (χ1n) is 11.5. The van der Waals surface area contributed by atoms with Crippen molar-refractivity contribution in [3.63, 3.8) is 0 Å². The van der Waals surface area contributed by atoms with Crippen molar-refractivity contribution >= 4 is 16.9 Å². The molecule has 0 radical (unpaired) electrons. The fourth-order valence-corrected chi connectivity index (χ4v) is 4.50. The van der Waals surface area contributed by atoms with Gasteiger partial charge in [0.05, 0.1) is 17.4 Å². The molecule has 0 atom stereocenters. The van der Waals surface area contributed by atoms with E-state index in [0.29, 0.717) is 30.4 Å². The van der Waals surface area contributed by atoms with E-state index in [0.717, 1.165) is 35.4 Å². The second-order valence-corrected chi connectivity index (χ2v) is 8.61. The van der Waals surface area contributed by atoms with E-state index in [-0.39, 0.29) is 5.91 Å². The number of nitrogens with zero attached hydrogens (tertiary/aromatic N) is 4. The number of aromatic nitrogens is 4. The predicted octanol–water partition coefficient (Wildman–Crippen LogP) is 4.78. The van der Waals surface area contributed by atoms with Crippen LogP contribution in [0.3, 0.4) is 0 Å². The highest BCUT2D eigenvalue weighted by atomic mass is 19.1. The number of halogens is 1. The minimum absolute atomic E-state index is 0.304. The monoisotopic (exact) mass is 447 g/mol. The van der Waals surface area contributed by atoms with Gasteiger partial charge in [0.15, 0.2) is 0 Å². The third kappa shape index (κ3) is 4.94. The van der Waals surface area contributed by atoms with E-state index < -0.39 is 5.82 Å². The van der Waals surface area contributed by atoms with E-state index in [1.807, 2.05) is 22.8 Å². The Labute approximate surface area is 191 Å². The number of carbonyl (C=O) groups excluding carboxylic acids is 1. The largest absolute Gasteiger partial charge is 0.350 e. The SMILES string of the molecule is O=C(NCCn1cnc2cc(-c3noc(CCC4CCCC4)n3)ccc21)c1cccc(F)c1. The zero-order chi connectivity index (χ0) is 22.6. The fourth-order valence-electron chi connectivity index (χ4n) is 4.50. The number of nitrogens with one attached hydrogen (secondary N) is 1. The molecular weight excluding hydrogens is 421 g/mol. The highest BCUT2D eigenvalue weighted by molar-refractivity contribution is 5.94. The Hall–Kier alpha value is -3.55. The third-order valence-electron chi connectivity index (χ3n) is 6.31. The molecule has 0 bridgehead atoms. The summed E-state index contributed by atoms with van der Waals surface area (Å²) >= 11 is 0. The topological polar surface area (TPSA) is 85.8 Å². The molecule has 1 aliphatic rings. The van der Waals surface area contributed by atoms with Crippen molar-refractivity contribution in [2.75, 3.05) is 6.54 Å². The van der Waals surface area contributed by atoms with Gasteiger partial charge in [-0.25, -0.2) is 9.37 Å². The van der Waals surface area contributed by atoms with Crippen molar-refractivity contribution in [1.82, 2.24) is 25.0 Å². The van der Waals surface area contributed by atoms with Crippen LogP contribution < -0.4 is 5.32 Å². The quantitative estimate of drug-likeness (QED) is 0.420. The van der Waals surface area contributed by atoms with Gasteiger partial charge >= 0.3 is 0 Å². The summed E-state index contributed by atoms with van der Waals surface area (Å²) in [6.45, 7) is 0.947. The summed E-state index contributed by atoms with van der Waals surface area (Å²) in [5.74, 6) is 1.33. The van der Waals surface area contributed by atoms with Gasteiger partial charge in [0, 0.05) is 30.6 Å². The molecule has 5 rings (SSSR count). The Morgan fingerprint density at radius 2 is 2.06 bits per heavy atom. The maximum atomic E-state index is 13.3. The maximum absolute atomic E-state index is 13.3. The average molecular weight is 448 g/mol. The van der Waals surface area contributed by atoms with Crippen LogP contribution in [0.1, 0.15) is 48.4 Å². The van der Waals surface area contributed by atoms with Crippen LogP contribution in [0, 0.1) is 11.7 Å². The predicted molar refractivity (Wildman–Crippen MR) is 122 cm³/mol. The second kappa shape index (κ2) is 9.52. The molecule has 0 spiro atoms. The molecule has 2 aromatic carbocycles. The number of hydrogen-bond acceptors (Lipinski definition) is 5. The van der Waals surface area contributed by atoms with Gasteiger partial charge in [-0.05, 0) is 48.7 Å². The Balaban J connectivity index is 1.20. The maximum Gasteiger partial charge on any atom is 0.251 e. The summed E-state index contributed by atoms with van der Waals surface area (Å²) in [7, 11) is 0. The first-order valence-corrected chi connectivity index (χ1v) is 11.5. The van der Waals surface area contributed by atoms with E-state index in [1.165, 1.54) is 43.9 Å². The molecule has 0 unspecified atom stereocenters. The summed E-state index contributed by atoms with van der Waals surface area (Å²) < 4.78 is 20.7. The molecule has 1 N–H and O–H groups in total. The van der Waals surface area contributed by atoms with Crippen LogP contribution in [-0.2, 0) is 13.0 Å². The lowest BCUT2D eigenvalue weighted by molar-refractivity contribution is 0.0952.